The standard InChI is InChI=1S/C3H9NO4S/c4-3-9(6,7)8-2-1-5/h5H,1-4H2. The van der Waals surface area contributed by atoms with Crippen LogP contribution in [0.2, 0.25) is 0 Å². The van der Waals surface area contributed by atoms with E-state index in [1.165, 1.54) is 0 Å². The van der Waals surface area contributed by atoms with Gasteiger partial charge in [0.15, 0.2) is 0 Å². The van der Waals surface area contributed by atoms with Crippen LogP contribution in [0.3, 0.4) is 0 Å². The smallest absolute Gasteiger partial charge is 0.280 e. The predicted molar refractivity (Wildman–Crippen MR) is 31.0 cm³/mol. The summed E-state index contributed by atoms with van der Waals surface area (Å²) >= 11 is 0. The second-order valence-corrected chi connectivity index (χ2v) is 2.95. The first-order valence-corrected chi connectivity index (χ1v) is 3.88. The van der Waals surface area contributed by atoms with Crippen molar-refractivity contribution >= 4 is 10.1 Å². The van der Waals surface area contributed by atoms with Gasteiger partial charge in [-0.2, -0.15) is 8.42 Å². The van der Waals surface area contributed by atoms with Crippen LogP contribution in [0.5, 0.6) is 0 Å². The van der Waals surface area contributed by atoms with Crippen molar-refractivity contribution in [1.29, 1.82) is 0 Å². The van der Waals surface area contributed by atoms with E-state index < -0.39 is 16.0 Å². The lowest BCUT2D eigenvalue weighted by Gasteiger charge is -1.98. The highest BCUT2D eigenvalue weighted by Gasteiger charge is 2.05. The van der Waals surface area contributed by atoms with Crippen molar-refractivity contribution in [3.63, 3.8) is 0 Å². The Morgan fingerprint density at radius 1 is 1.56 bits per heavy atom. The summed E-state index contributed by atoms with van der Waals surface area (Å²) in [6.45, 7) is -0.543. The van der Waals surface area contributed by atoms with Gasteiger partial charge in [0.25, 0.3) is 10.1 Å². The molecule has 0 atom stereocenters. The van der Waals surface area contributed by atoms with Crippen molar-refractivity contribution in [3.05, 3.63) is 0 Å². The molecule has 0 aliphatic heterocycles. The molecule has 0 heterocycles. The molecule has 0 amide bonds. The maximum absolute atomic E-state index is 10.3. The maximum Gasteiger partial charge on any atom is 0.280 e. The third-order valence-electron chi connectivity index (χ3n) is 0.558. The molecule has 0 unspecified atom stereocenters. The number of hydrogen-bond acceptors (Lipinski definition) is 5. The SMILES string of the molecule is NCS(=O)(=O)OCCO. The van der Waals surface area contributed by atoms with Crippen molar-refractivity contribution in [1.82, 2.24) is 0 Å². The minimum absolute atomic E-state index is 0.223. The third-order valence-corrected chi connectivity index (χ3v) is 1.49. The Bertz CT molecular complexity index is 151. The zero-order valence-electron chi connectivity index (χ0n) is 4.78. The zero-order valence-corrected chi connectivity index (χ0v) is 5.60. The van der Waals surface area contributed by atoms with E-state index in [0.29, 0.717) is 0 Å². The van der Waals surface area contributed by atoms with Gasteiger partial charge in [0.2, 0.25) is 0 Å². The molecule has 0 fully saturated rings. The normalized spacial score (nSPS) is 11.8. The van der Waals surface area contributed by atoms with Gasteiger partial charge in [-0.25, -0.2) is 0 Å². The topological polar surface area (TPSA) is 89.6 Å². The highest BCUT2D eigenvalue weighted by atomic mass is 32.2. The van der Waals surface area contributed by atoms with Crippen LogP contribution in [-0.4, -0.2) is 32.6 Å². The van der Waals surface area contributed by atoms with Gasteiger partial charge >= 0.3 is 0 Å². The van der Waals surface area contributed by atoms with Crippen LogP contribution in [-0.2, 0) is 14.3 Å². The Hall–Kier alpha value is -0.170. The molecule has 0 radical (unpaired) electrons. The monoisotopic (exact) mass is 155 g/mol. The van der Waals surface area contributed by atoms with Crippen molar-refractivity contribution in [2.45, 2.75) is 0 Å². The van der Waals surface area contributed by atoms with Crippen LogP contribution < -0.4 is 5.73 Å². The molecule has 0 aromatic carbocycles. The van der Waals surface area contributed by atoms with Crippen molar-refractivity contribution in [2.24, 2.45) is 5.73 Å². The molecule has 0 bridgehead atoms. The molecule has 6 heteroatoms. The molecule has 0 spiro atoms. The minimum Gasteiger partial charge on any atom is -0.394 e. The quantitative estimate of drug-likeness (QED) is 0.469. The number of nitrogens with two attached hydrogens (primary N) is 1. The van der Waals surface area contributed by atoms with E-state index in [1.54, 1.807) is 0 Å². The van der Waals surface area contributed by atoms with Gasteiger partial charge in [-0.3, -0.25) is 4.18 Å². The Kier molecular flexibility index (Phi) is 3.71. The van der Waals surface area contributed by atoms with Gasteiger partial charge in [0.05, 0.1) is 13.2 Å². The van der Waals surface area contributed by atoms with E-state index in [2.05, 4.69) is 4.18 Å². The fraction of sp³-hybridized carbons (Fsp3) is 1.00. The highest BCUT2D eigenvalue weighted by molar-refractivity contribution is 7.86. The van der Waals surface area contributed by atoms with Crippen molar-refractivity contribution in [2.75, 3.05) is 19.1 Å². The minimum atomic E-state index is -3.56. The fourth-order valence-electron chi connectivity index (χ4n) is 0.212. The van der Waals surface area contributed by atoms with Crippen LogP contribution in [0.25, 0.3) is 0 Å². The number of aliphatic hydroxyl groups is 1. The lowest BCUT2D eigenvalue weighted by atomic mass is 10.8. The van der Waals surface area contributed by atoms with Crippen LogP contribution in [0.1, 0.15) is 0 Å². The van der Waals surface area contributed by atoms with Gasteiger partial charge in [0.1, 0.15) is 5.88 Å². The Morgan fingerprint density at radius 2 is 2.11 bits per heavy atom. The molecule has 56 valence electrons. The predicted octanol–water partition coefficient (Wildman–Crippen LogP) is -1.76. The molecule has 0 aliphatic rings. The Labute approximate surface area is 53.6 Å². The first-order chi connectivity index (χ1) is 4.12. The molecule has 0 rings (SSSR count). The summed E-state index contributed by atoms with van der Waals surface area (Å²) < 4.78 is 24.7. The Morgan fingerprint density at radius 3 is 2.44 bits per heavy atom. The van der Waals surface area contributed by atoms with E-state index >= 15 is 0 Å². The van der Waals surface area contributed by atoms with E-state index in [1.807, 2.05) is 0 Å². The van der Waals surface area contributed by atoms with Crippen LogP contribution in [0, 0.1) is 0 Å². The van der Waals surface area contributed by atoms with Crippen LogP contribution in [0.15, 0.2) is 0 Å². The molecule has 0 aromatic heterocycles. The maximum atomic E-state index is 10.3. The summed E-state index contributed by atoms with van der Waals surface area (Å²) in [5, 5.41) is 8.09. The average Bonchev–Trinajstić information content (AvgIpc) is 1.84. The summed E-state index contributed by atoms with van der Waals surface area (Å²) in [6.07, 6.45) is 0. The molecule has 0 aliphatic carbocycles. The molecule has 0 saturated heterocycles. The largest absolute Gasteiger partial charge is 0.394 e. The summed E-state index contributed by atoms with van der Waals surface area (Å²) in [4.78, 5) is 0. The first kappa shape index (κ1) is 8.83. The molecular formula is C3H9NO4S. The number of hydrogen-bond donors (Lipinski definition) is 2. The fourth-order valence-corrected chi connectivity index (χ4v) is 0.637. The first-order valence-electron chi connectivity index (χ1n) is 2.30. The molecular weight excluding hydrogens is 146 g/mol. The summed E-state index contributed by atoms with van der Waals surface area (Å²) in [7, 11) is -3.56. The van der Waals surface area contributed by atoms with E-state index in [0.717, 1.165) is 0 Å². The Balaban J connectivity index is 3.61. The third kappa shape index (κ3) is 4.34. The molecule has 3 N–H and O–H groups in total. The summed E-state index contributed by atoms with van der Waals surface area (Å²) in [5.74, 6) is -0.549. The highest BCUT2D eigenvalue weighted by Crippen LogP contribution is 1.86. The van der Waals surface area contributed by atoms with Gasteiger partial charge in [-0.15, -0.1) is 0 Å². The van der Waals surface area contributed by atoms with Crippen LogP contribution >= 0.6 is 0 Å². The molecule has 0 aromatic rings. The van der Waals surface area contributed by atoms with Crippen LogP contribution in [0.4, 0.5) is 0 Å². The summed E-state index contributed by atoms with van der Waals surface area (Å²) in [5.41, 5.74) is 4.75. The zero-order chi connectivity index (χ0) is 7.33. The number of rotatable bonds is 4. The van der Waals surface area contributed by atoms with E-state index in [9.17, 15) is 8.42 Å². The average molecular weight is 155 g/mol. The van der Waals surface area contributed by atoms with E-state index in [4.69, 9.17) is 10.8 Å². The van der Waals surface area contributed by atoms with Gasteiger partial charge in [-0.05, 0) is 0 Å². The van der Waals surface area contributed by atoms with Crippen molar-refractivity contribution < 1.29 is 17.7 Å². The molecule has 5 nitrogen and oxygen atoms in total. The number of aliphatic hydroxyl groups excluding tert-OH is 1. The van der Waals surface area contributed by atoms with Gasteiger partial charge < -0.3 is 10.8 Å². The molecule has 0 saturated carbocycles. The van der Waals surface area contributed by atoms with Gasteiger partial charge in [-0.1, -0.05) is 0 Å². The second-order valence-electron chi connectivity index (χ2n) is 1.27. The molecule has 9 heavy (non-hydrogen) atoms. The lowest BCUT2D eigenvalue weighted by molar-refractivity contribution is 0.205. The van der Waals surface area contributed by atoms with Crippen molar-refractivity contribution in [3.8, 4) is 0 Å². The van der Waals surface area contributed by atoms with E-state index in [-0.39, 0.29) is 13.2 Å². The lowest BCUT2D eigenvalue weighted by Crippen LogP contribution is -2.18. The van der Waals surface area contributed by atoms with Gasteiger partial charge in [0, 0.05) is 0 Å². The summed E-state index contributed by atoms with van der Waals surface area (Å²) in [6, 6.07) is 0. The second kappa shape index (κ2) is 3.78.